The fourth-order valence-corrected chi connectivity index (χ4v) is 2.88. The van der Waals surface area contributed by atoms with Gasteiger partial charge in [-0.15, -0.1) is 0 Å². The third-order valence-corrected chi connectivity index (χ3v) is 4.08. The molecule has 1 aromatic heterocycles. The number of nitrogens with two attached hydrogens (primary N) is 1. The second-order valence-corrected chi connectivity index (χ2v) is 5.89. The molecule has 2 aromatic rings. The Bertz CT molecular complexity index is 811. The van der Waals surface area contributed by atoms with Crippen molar-refractivity contribution in [2.75, 3.05) is 7.11 Å². The van der Waals surface area contributed by atoms with Gasteiger partial charge in [-0.1, -0.05) is 11.6 Å². The number of methoxy groups -OCH3 is 1. The highest BCUT2D eigenvalue weighted by Crippen LogP contribution is 2.32. The van der Waals surface area contributed by atoms with Crippen LogP contribution in [0.2, 0.25) is 5.02 Å². The number of amidine groups is 1. The number of benzene rings is 1. The van der Waals surface area contributed by atoms with Crippen LogP contribution in [0, 0.1) is 0 Å². The van der Waals surface area contributed by atoms with E-state index in [9.17, 15) is 4.79 Å². The van der Waals surface area contributed by atoms with E-state index >= 15 is 0 Å². The lowest BCUT2D eigenvalue weighted by molar-refractivity contribution is -0.113. The molecule has 0 spiro atoms. The van der Waals surface area contributed by atoms with E-state index in [0.29, 0.717) is 27.2 Å². The zero-order valence-electron chi connectivity index (χ0n) is 11.5. The number of carbonyl (C=O) groups excluding carboxylic acids is 1. The minimum Gasteiger partial charge on any atom is -0.495 e. The normalized spacial score (nSPS) is 16.2. The van der Waals surface area contributed by atoms with Crippen molar-refractivity contribution in [3.05, 3.63) is 46.0 Å². The largest absolute Gasteiger partial charge is 0.495 e. The fourth-order valence-electron chi connectivity index (χ4n) is 1.96. The number of hydrogen-bond donors (Lipinski definition) is 1. The van der Waals surface area contributed by atoms with Gasteiger partial charge in [0, 0.05) is 11.6 Å². The van der Waals surface area contributed by atoms with Crippen LogP contribution in [-0.4, -0.2) is 18.2 Å². The second-order valence-electron chi connectivity index (χ2n) is 4.42. The predicted octanol–water partition coefficient (Wildman–Crippen LogP) is 3.54. The SMILES string of the molecule is COc1ccc(-c2ccc(/C=C3/SC(N)=NC3=O)o2)cc1Cl. The number of ether oxygens (including phenoxy) is 1. The molecule has 7 heteroatoms. The molecule has 0 unspecified atom stereocenters. The van der Waals surface area contributed by atoms with Gasteiger partial charge in [0.1, 0.15) is 17.3 Å². The number of amides is 1. The second kappa shape index (κ2) is 5.90. The fraction of sp³-hybridized carbons (Fsp3) is 0.0667. The molecule has 0 radical (unpaired) electrons. The van der Waals surface area contributed by atoms with Gasteiger partial charge in [-0.3, -0.25) is 4.79 Å². The average molecular weight is 335 g/mol. The highest BCUT2D eigenvalue weighted by Gasteiger charge is 2.20. The predicted molar refractivity (Wildman–Crippen MR) is 87.9 cm³/mol. The van der Waals surface area contributed by atoms with Gasteiger partial charge >= 0.3 is 0 Å². The number of thioether (sulfide) groups is 1. The quantitative estimate of drug-likeness (QED) is 0.869. The lowest BCUT2D eigenvalue weighted by atomic mass is 10.2. The number of furan rings is 1. The summed E-state index contributed by atoms with van der Waals surface area (Å²) in [5, 5.41) is 0.740. The number of hydrogen-bond acceptors (Lipinski definition) is 5. The lowest BCUT2D eigenvalue weighted by Gasteiger charge is -2.04. The first-order valence-corrected chi connectivity index (χ1v) is 7.48. The van der Waals surface area contributed by atoms with Gasteiger partial charge in [-0.2, -0.15) is 4.99 Å². The Morgan fingerprint density at radius 2 is 2.18 bits per heavy atom. The zero-order valence-corrected chi connectivity index (χ0v) is 13.1. The topological polar surface area (TPSA) is 77.8 Å². The van der Waals surface area contributed by atoms with E-state index in [4.69, 9.17) is 26.5 Å². The molecule has 0 bridgehead atoms. The smallest absolute Gasteiger partial charge is 0.286 e. The Morgan fingerprint density at radius 1 is 1.36 bits per heavy atom. The molecule has 3 rings (SSSR count). The van der Waals surface area contributed by atoms with Gasteiger partial charge in [-0.25, -0.2) is 0 Å². The molecule has 1 amide bonds. The average Bonchev–Trinajstić information content (AvgIpc) is 3.06. The molecule has 2 heterocycles. The van der Waals surface area contributed by atoms with Gasteiger partial charge in [0.05, 0.1) is 17.0 Å². The van der Waals surface area contributed by atoms with Crippen molar-refractivity contribution in [3.63, 3.8) is 0 Å². The molecular formula is C15H11ClN2O3S. The number of nitrogens with zero attached hydrogens (tertiary/aromatic N) is 1. The first-order chi connectivity index (χ1) is 10.6. The molecule has 0 aliphatic carbocycles. The Kier molecular flexibility index (Phi) is 3.96. The molecule has 2 N–H and O–H groups in total. The van der Waals surface area contributed by atoms with Crippen LogP contribution in [0.1, 0.15) is 5.76 Å². The summed E-state index contributed by atoms with van der Waals surface area (Å²) in [7, 11) is 1.56. The summed E-state index contributed by atoms with van der Waals surface area (Å²) in [4.78, 5) is 15.6. The van der Waals surface area contributed by atoms with Gasteiger partial charge in [0.15, 0.2) is 5.17 Å². The van der Waals surface area contributed by atoms with E-state index in [1.807, 2.05) is 6.07 Å². The molecule has 5 nitrogen and oxygen atoms in total. The summed E-state index contributed by atoms with van der Waals surface area (Å²) < 4.78 is 10.8. The molecular weight excluding hydrogens is 324 g/mol. The maximum atomic E-state index is 11.6. The van der Waals surface area contributed by atoms with Crippen molar-refractivity contribution >= 4 is 40.5 Å². The van der Waals surface area contributed by atoms with Gasteiger partial charge < -0.3 is 14.9 Å². The third kappa shape index (κ3) is 2.88. The van der Waals surface area contributed by atoms with Crippen LogP contribution in [0.15, 0.2) is 44.6 Å². The number of carbonyl (C=O) groups is 1. The van der Waals surface area contributed by atoms with Crippen molar-refractivity contribution in [1.29, 1.82) is 0 Å². The van der Waals surface area contributed by atoms with Crippen LogP contribution >= 0.6 is 23.4 Å². The molecule has 0 fully saturated rings. The van der Waals surface area contributed by atoms with Crippen LogP contribution < -0.4 is 10.5 Å². The van der Waals surface area contributed by atoms with Gasteiger partial charge in [-0.05, 0) is 42.1 Å². The van der Waals surface area contributed by atoms with E-state index in [1.54, 1.807) is 37.5 Å². The van der Waals surface area contributed by atoms with Crippen LogP contribution in [0.4, 0.5) is 0 Å². The number of rotatable bonds is 3. The van der Waals surface area contributed by atoms with Gasteiger partial charge in [0.2, 0.25) is 0 Å². The molecule has 1 aliphatic rings. The van der Waals surface area contributed by atoms with Crippen LogP contribution in [0.3, 0.4) is 0 Å². The third-order valence-electron chi connectivity index (χ3n) is 2.97. The van der Waals surface area contributed by atoms with Crippen LogP contribution in [-0.2, 0) is 4.79 Å². The highest BCUT2D eigenvalue weighted by atomic mass is 35.5. The Labute approximate surface area is 135 Å². The molecule has 1 aliphatic heterocycles. The zero-order chi connectivity index (χ0) is 15.7. The summed E-state index contributed by atoms with van der Waals surface area (Å²) in [6, 6.07) is 8.94. The molecule has 112 valence electrons. The van der Waals surface area contributed by atoms with E-state index in [-0.39, 0.29) is 11.1 Å². The Balaban J connectivity index is 1.87. The summed E-state index contributed by atoms with van der Waals surface area (Å²) in [5.41, 5.74) is 6.32. The van der Waals surface area contributed by atoms with Crippen LogP contribution in [0.25, 0.3) is 17.4 Å². The van der Waals surface area contributed by atoms with E-state index in [0.717, 1.165) is 17.3 Å². The summed E-state index contributed by atoms with van der Waals surface area (Å²) >= 11 is 7.23. The number of halogens is 1. The van der Waals surface area contributed by atoms with Crippen molar-refractivity contribution in [3.8, 4) is 17.1 Å². The lowest BCUT2D eigenvalue weighted by Crippen LogP contribution is -2.01. The molecule has 1 aromatic carbocycles. The molecule has 0 saturated heterocycles. The van der Waals surface area contributed by atoms with Crippen LogP contribution in [0.5, 0.6) is 5.75 Å². The van der Waals surface area contributed by atoms with E-state index < -0.39 is 0 Å². The Hall–Kier alpha value is -2.18. The first kappa shape index (κ1) is 14.7. The molecule has 0 saturated carbocycles. The number of aliphatic imine (C=N–C) groups is 1. The minimum absolute atomic E-state index is 0.241. The molecule has 22 heavy (non-hydrogen) atoms. The van der Waals surface area contributed by atoms with E-state index in [2.05, 4.69) is 4.99 Å². The monoisotopic (exact) mass is 334 g/mol. The van der Waals surface area contributed by atoms with Crippen molar-refractivity contribution in [1.82, 2.24) is 0 Å². The minimum atomic E-state index is -0.354. The standard InChI is InChI=1S/C15H11ClN2O3S/c1-20-12-4-2-8(6-10(12)16)11-5-3-9(21-11)7-13-14(19)18-15(17)22-13/h2-7H,1H3,(H2,17,18,19)/b13-7+. The highest BCUT2D eigenvalue weighted by molar-refractivity contribution is 8.18. The van der Waals surface area contributed by atoms with Crippen molar-refractivity contribution in [2.24, 2.45) is 10.7 Å². The molecule has 0 atom stereocenters. The summed E-state index contributed by atoms with van der Waals surface area (Å²) in [6.07, 6.45) is 1.62. The summed E-state index contributed by atoms with van der Waals surface area (Å²) in [6.45, 7) is 0. The maximum absolute atomic E-state index is 11.6. The van der Waals surface area contributed by atoms with Crippen molar-refractivity contribution in [2.45, 2.75) is 0 Å². The first-order valence-electron chi connectivity index (χ1n) is 6.28. The van der Waals surface area contributed by atoms with Gasteiger partial charge in [0.25, 0.3) is 5.91 Å². The van der Waals surface area contributed by atoms with E-state index in [1.165, 1.54) is 0 Å². The summed E-state index contributed by atoms with van der Waals surface area (Å²) in [5.74, 6) is 1.43. The maximum Gasteiger partial charge on any atom is 0.286 e. The van der Waals surface area contributed by atoms with Crippen molar-refractivity contribution < 1.29 is 13.9 Å². The Morgan fingerprint density at radius 3 is 2.82 bits per heavy atom.